The Morgan fingerprint density at radius 2 is 2.33 bits per heavy atom. The van der Waals surface area contributed by atoms with E-state index in [1.54, 1.807) is 0 Å². The Balaban J connectivity index is 2.01. The van der Waals surface area contributed by atoms with Gasteiger partial charge in [-0.3, -0.25) is 4.90 Å². The molecule has 100 valence electrons. The van der Waals surface area contributed by atoms with Gasteiger partial charge in [0.1, 0.15) is 5.82 Å². The molecule has 0 radical (unpaired) electrons. The van der Waals surface area contributed by atoms with Gasteiger partial charge in [0.05, 0.1) is 0 Å². The molecular weight excluding hydrogens is 242 g/mol. The van der Waals surface area contributed by atoms with E-state index in [0.29, 0.717) is 6.04 Å². The van der Waals surface area contributed by atoms with Crippen LogP contribution in [-0.2, 0) is 6.54 Å². The molecule has 1 aromatic heterocycles. The molecule has 1 N–H and O–H groups in total. The molecule has 1 fully saturated rings. The van der Waals surface area contributed by atoms with Crippen molar-refractivity contribution in [2.75, 3.05) is 24.2 Å². The van der Waals surface area contributed by atoms with Crippen molar-refractivity contribution in [1.82, 2.24) is 9.88 Å². The minimum absolute atomic E-state index is 0.652. The summed E-state index contributed by atoms with van der Waals surface area (Å²) >= 11 is 2.09. The first-order chi connectivity index (χ1) is 8.70. The highest BCUT2D eigenvalue weighted by atomic mass is 32.2. The number of nitrogens with zero attached hydrogens (tertiary/aromatic N) is 2. The molecule has 0 bridgehead atoms. The Hall–Kier alpha value is -0.740. The lowest BCUT2D eigenvalue weighted by Crippen LogP contribution is -2.43. The van der Waals surface area contributed by atoms with Crippen LogP contribution < -0.4 is 5.32 Å². The van der Waals surface area contributed by atoms with Gasteiger partial charge in [-0.25, -0.2) is 4.98 Å². The van der Waals surface area contributed by atoms with Crippen molar-refractivity contribution in [2.24, 2.45) is 0 Å². The molecule has 2 unspecified atom stereocenters. The van der Waals surface area contributed by atoms with Crippen LogP contribution in [0.15, 0.2) is 18.3 Å². The lowest BCUT2D eigenvalue weighted by molar-refractivity contribution is 0.204. The van der Waals surface area contributed by atoms with Crippen LogP contribution in [0.5, 0.6) is 0 Å². The van der Waals surface area contributed by atoms with Gasteiger partial charge in [-0.05, 0) is 31.5 Å². The highest BCUT2D eigenvalue weighted by Crippen LogP contribution is 2.25. The molecule has 1 aromatic rings. The van der Waals surface area contributed by atoms with Crippen LogP contribution in [0.3, 0.4) is 0 Å². The molecular formula is C14H23N3S. The topological polar surface area (TPSA) is 28.2 Å². The molecule has 2 atom stereocenters. The summed E-state index contributed by atoms with van der Waals surface area (Å²) in [5, 5.41) is 4.00. The summed E-state index contributed by atoms with van der Waals surface area (Å²) in [4.78, 5) is 6.90. The second kappa shape index (κ2) is 6.43. The zero-order valence-corrected chi connectivity index (χ0v) is 12.3. The molecule has 18 heavy (non-hydrogen) atoms. The first-order valence-electron chi connectivity index (χ1n) is 6.75. The van der Waals surface area contributed by atoms with Gasteiger partial charge in [0.2, 0.25) is 0 Å². The number of nitrogens with one attached hydrogen (secondary N) is 1. The van der Waals surface area contributed by atoms with Crippen molar-refractivity contribution in [2.45, 2.75) is 38.6 Å². The quantitative estimate of drug-likeness (QED) is 0.906. The van der Waals surface area contributed by atoms with E-state index < -0.39 is 0 Å². The molecule has 1 saturated heterocycles. The molecule has 0 amide bonds. The smallest absolute Gasteiger partial charge is 0.126 e. The standard InChI is InChI=1S/C14H23N3S/c1-4-15-14-9-13(5-6-16-14)10-17-7-8-18-12(3)11(17)2/h5-6,9,11-12H,4,7-8,10H2,1-3H3,(H,15,16). The summed E-state index contributed by atoms with van der Waals surface area (Å²) in [5.74, 6) is 2.23. The van der Waals surface area contributed by atoms with E-state index in [1.807, 2.05) is 6.20 Å². The molecule has 0 spiro atoms. The molecule has 3 nitrogen and oxygen atoms in total. The summed E-state index contributed by atoms with van der Waals surface area (Å²) in [5.41, 5.74) is 1.35. The van der Waals surface area contributed by atoms with Gasteiger partial charge in [-0.2, -0.15) is 11.8 Å². The summed E-state index contributed by atoms with van der Waals surface area (Å²) in [6, 6.07) is 4.95. The van der Waals surface area contributed by atoms with Gasteiger partial charge >= 0.3 is 0 Å². The van der Waals surface area contributed by atoms with Gasteiger partial charge < -0.3 is 5.32 Å². The van der Waals surface area contributed by atoms with Crippen LogP contribution in [0.1, 0.15) is 26.3 Å². The molecule has 1 aliphatic heterocycles. The summed E-state index contributed by atoms with van der Waals surface area (Å²) in [6.45, 7) is 9.91. The Labute approximate surface area is 114 Å². The molecule has 0 saturated carbocycles. The Morgan fingerprint density at radius 1 is 1.50 bits per heavy atom. The van der Waals surface area contributed by atoms with Gasteiger partial charge in [0.25, 0.3) is 0 Å². The van der Waals surface area contributed by atoms with E-state index in [4.69, 9.17) is 0 Å². The highest BCUT2D eigenvalue weighted by Gasteiger charge is 2.24. The van der Waals surface area contributed by atoms with Crippen LogP contribution in [0, 0.1) is 0 Å². The zero-order chi connectivity index (χ0) is 13.0. The number of anilines is 1. The maximum atomic E-state index is 4.32. The van der Waals surface area contributed by atoms with Crippen LogP contribution in [0.2, 0.25) is 0 Å². The van der Waals surface area contributed by atoms with E-state index in [-0.39, 0.29) is 0 Å². The third kappa shape index (κ3) is 3.39. The Morgan fingerprint density at radius 3 is 3.11 bits per heavy atom. The van der Waals surface area contributed by atoms with Gasteiger partial charge in [0.15, 0.2) is 0 Å². The number of hydrogen-bond acceptors (Lipinski definition) is 4. The van der Waals surface area contributed by atoms with E-state index >= 15 is 0 Å². The Bertz CT molecular complexity index is 383. The van der Waals surface area contributed by atoms with Crippen molar-refractivity contribution in [3.8, 4) is 0 Å². The SMILES string of the molecule is CCNc1cc(CN2CCSC(C)C2C)ccn1. The zero-order valence-electron chi connectivity index (χ0n) is 11.5. The van der Waals surface area contributed by atoms with Crippen molar-refractivity contribution >= 4 is 17.6 Å². The fraction of sp³-hybridized carbons (Fsp3) is 0.643. The van der Waals surface area contributed by atoms with Gasteiger partial charge in [0, 0.05) is 42.9 Å². The summed E-state index contributed by atoms with van der Waals surface area (Å²) in [6.07, 6.45) is 1.90. The average Bonchev–Trinajstić information content (AvgIpc) is 2.36. The maximum Gasteiger partial charge on any atom is 0.126 e. The van der Waals surface area contributed by atoms with Gasteiger partial charge in [-0.15, -0.1) is 0 Å². The van der Waals surface area contributed by atoms with Crippen molar-refractivity contribution in [1.29, 1.82) is 0 Å². The average molecular weight is 265 g/mol. The van der Waals surface area contributed by atoms with Crippen LogP contribution in [0.25, 0.3) is 0 Å². The summed E-state index contributed by atoms with van der Waals surface area (Å²) < 4.78 is 0. The monoisotopic (exact) mass is 265 g/mol. The third-order valence-electron chi connectivity index (χ3n) is 3.58. The molecule has 2 rings (SSSR count). The third-order valence-corrected chi connectivity index (χ3v) is 4.92. The number of aromatic nitrogens is 1. The Kier molecular flexibility index (Phi) is 4.89. The lowest BCUT2D eigenvalue weighted by Gasteiger charge is -2.37. The van der Waals surface area contributed by atoms with Gasteiger partial charge in [-0.1, -0.05) is 6.92 Å². The van der Waals surface area contributed by atoms with Crippen LogP contribution in [-0.4, -0.2) is 40.0 Å². The molecule has 2 heterocycles. The second-order valence-corrected chi connectivity index (χ2v) is 6.35. The fourth-order valence-electron chi connectivity index (χ4n) is 2.30. The lowest BCUT2D eigenvalue weighted by atomic mass is 10.1. The van der Waals surface area contributed by atoms with Crippen molar-refractivity contribution < 1.29 is 0 Å². The van der Waals surface area contributed by atoms with Crippen molar-refractivity contribution in [3.05, 3.63) is 23.9 Å². The summed E-state index contributed by atoms with van der Waals surface area (Å²) in [7, 11) is 0. The number of hydrogen-bond donors (Lipinski definition) is 1. The largest absolute Gasteiger partial charge is 0.370 e. The minimum atomic E-state index is 0.652. The normalized spacial score (nSPS) is 25.1. The molecule has 0 aliphatic carbocycles. The van der Waals surface area contributed by atoms with Crippen molar-refractivity contribution in [3.63, 3.8) is 0 Å². The van der Waals surface area contributed by atoms with E-state index in [9.17, 15) is 0 Å². The first kappa shape index (κ1) is 13.7. The number of thioether (sulfide) groups is 1. The van der Waals surface area contributed by atoms with E-state index in [1.165, 1.54) is 17.9 Å². The fourth-order valence-corrected chi connectivity index (χ4v) is 3.47. The molecule has 1 aliphatic rings. The predicted molar refractivity (Wildman–Crippen MR) is 80.2 cm³/mol. The highest BCUT2D eigenvalue weighted by molar-refractivity contribution is 8.00. The van der Waals surface area contributed by atoms with Crippen LogP contribution in [0.4, 0.5) is 5.82 Å². The number of rotatable bonds is 4. The molecule has 0 aromatic carbocycles. The first-order valence-corrected chi connectivity index (χ1v) is 7.80. The predicted octanol–water partition coefficient (Wildman–Crippen LogP) is 2.84. The maximum absolute atomic E-state index is 4.32. The van der Waals surface area contributed by atoms with Crippen LogP contribution >= 0.6 is 11.8 Å². The minimum Gasteiger partial charge on any atom is -0.370 e. The van der Waals surface area contributed by atoms with E-state index in [0.717, 1.165) is 24.2 Å². The molecule has 4 heteroatoms. The number of pyridine rings is 1. The van der Waals surface area contributed by atoms with E-state index in [2.05, 4.69) is 59.9 Å². The second-order valence-electron chi connectivity index (χ2n) is 4.87.